The third-order valence-corrected chi connectivity index (χ3v) is 0. The van der Waals surface area contributed by atoms with Crippen LogP contribution in [0.1, 0.15) is 0 Å². The summed E-state index contributed by atoms with van der Waals surface area (Å²) in [4.78, 5) is 8.56. The summed E-state index contributed by atoms with van der Waals surface area (Å²) in [7, 11) is 0. The second-order valence-corrected chi connectivity index (χ2v) is 4.74. The van der Waals surface area contributed by atoms with E-state index in [1.165, 1.54) is 0 Å². The number of rotatable bonds is 0. The molecule has 2 N–H and O–H groups in total. The van der Waals surface area contributed by atoms with Crippen LogP contribution in [0.15, 0.2) is 0 Å². The quantitative estimate of drug-likeness (QED) is 0.659. The Balaban J connectivity index is -0.000000101. The normalized spacial score (nSPS) is 8.00. The van der Waals surface area contributed by atoms with E-state index in [-0.39, 0.29) is 0 Å². The molecule has 0 atom stereocenters. The van der Waals surface area contributed by atoms with E-state index in [1.807, 2.05) is 0 Å². The van der Waals surface area contributed by atoms with E-state index >= 15 is 0 Å². The Morgan fingerprint density at radius 3 is 0.833 bits per heavy atom. The largest absolute Gasteiger partial charge is 0.503 e. The SMILES string of the molecule is ClC(Cl)Cl.ClC(Cl)Cl.O=C(O)O. The minimum atomic E-state index is -1.83. The van der Waals surface area contributed by atoms with Crippen LogP contribution in [0.3, 0.4) is 0 Å². The molecule has 0 aliphatic carbocycles. The zero-order chi connectivity index (χ0) is 10.7. The Morgan fingerprint density at radius 2 is 0.833 bits per heavy atom. The highest BCUT2D eigenvalue weighted by atomic mass is 35.6. The van der Waals surface area contributed by atoms with Gasteiger partial charge in [0.15, 0.2) is 8.59 Å². The van der Waals surface area contributed by atoms with Crippen LogP contribution in [0, 0.1) is 0 Å². The lowest BCUT2D eigenvalue weighted by Gasteiger charge is -1.69. The van der Waals surface area contributed by atoms with E-state index < -0.39 is 14.7 Å². The molecule has 0 aromatic carbocycles. The molecule has 0 fully saturated rings. The molecular weight excluding hydrogens is 297 g/mol. The van der Waals surface area contributed by atoms with Gasteiger partial charge in [0.1, 0.15) is 0 Å². The first-order chi connectivity index (χ1) is 5.20. The minimum absolute atomic E-state index is 0.750. The smallest absolute Gasteiger partial charge is 0.450 e. The molecule has 0 amide bonds. The molecule has 76 valence electrons. The number of hydrogen-bond acceptors (Lipinski definition) is 1. The lowest BCUT2D eigenvalue weighted by atomic mass is 11.5. The zero-order valence-electron chi connectivity index (χ0n) is 5.23. The van der Waals surface area contributed by atoms with Crippen molar-refractivity contribution in [1.82, 2.24) is 0 Å². The molecule has 0 rings (SSSR count). The highest BCUT2D eigenvalue weighted by Crippen LogP contribution is 2.04. The topological polar surface area (TPSA) is 57.5 Å². The van der Waals surface area contributed by atoms with Crippen LogP contribution in [0.25, 0.3) is 0 Å². The van der Waals surface area contributed by atoms with E-state index in [2.05, 4.69) is 0 Å². The first kappa shape index (κ1) is 18.7. The molecule has 0 bridgehead atoms. The third-order valence-electron chi connectivity index (χ3n) is 0. The summed E-state index contributed by atoms with van der Waals surface area (Å²) in [5.41, 5.74) is 0. The van der Waals surface area contributed by atoms with Gasteiger partial charge in [-0.1, -0.05) is 69.6 Å². The summed E-state index contributed by atoms with van der Waals surface area (Å²) >= 11 is 28.8. The Labute approximate surface area is 99.1 Å². The summed E-state index contributed by atoms with van der Waals surface area (Å²) in [6.07, 6.45) is -1.83. The Kier molecular flexibility index (Phi) is 22.7. The average Bonchev–Trinajstić information content (AvgIpc) is 1.54. The van der Waals surface area contributed by atoms with Crippen LogP contribution in [0.5, 0.6) is 0 Å². The van der Waals surface area contributed by atoms with Crippen molar-refractivity contribution < 1.29 is 15.0 Å². The van der Waals surface area contributed by atoms with Crippen molar-refractivity contribution in [2.24, 2.45) is 0 Å². The van der Waals surface area contributed by atoms with Gasteiger partial charge in [0.05, 0.1) is 0 Å². The van der Waals surface area contributed by atoms with Crippen LogP contribution in [-0.4, -0.2) is 25.0 Å². The van der Waals surface area contributed by atoms with Crippen molar-refractivity contribution in [3.63, 3.8) is 0 Å². The van der Waals surface area contributed by atoms with Crippen molar-refractivity contribution in [2.75, 3.05) is 0 Å². The number of carbonyl (C=O) groups is 1. The summed E-state index contributed by atoms with van der Waals surface area (Å²) in [6, 6.07) is 0. The van der Waals surface area contributed by atoms with Gasteiger partial charge in [-0.2, -0.15) is 0 Å². The minimum Gasteiger partial charge on any atom is -0.450 e. The summed E-state index contributed by atoms with van der Waals surface area (Å²) in [6.45, 7) is 0. The van der Waals surface area contributed by atoms with Crippen LogP contribution < -0.4 is 0 Å². The first-order valence-electron chi connectivity index (χ1n) is 1.96. The van der Waals surface area contributed by atoms with Gasteiger partial charge in [0, 0.05) is 0 Å². The van der Waals surface area contributed by atoms with Crippen LogP contribution in [0.4, 0.5) is 4.79 Å². The molecule has 0 saturated carbocycles. The average molecular weight is 301 g/mol. The summed E-state index contributed by atoms with van der Waals surface area (Å²) < 4.78 is -1.50. The first-order valence-corrected chi connectivity index (χ1v) is 4.58. The Bertz CT molecular complexity index is 80.5. The van der Waals surface area contributed by atoms with Crippen molar-refractivity contribution in [3.05, 3.63) is 0 Å². The monoisotopic (exact) mass is 298 g/mol. The van der Waals surface area contributed by atoms with Crippen molar-refractivity contribution in [3.8, 4) is 0 Å². The van der Waals surface area contributed by atoms with E-state index in [4.69, 9.17) is 84.6 Å². The van der Waals surface area contributed by atoms with Crippen LogP contribution in [-0.2, 0) is 0 Å². The number of hydrogen-bond donors (Lipinski definition) is 2. The van der Waals surface area contributed by atoms with Crippen molar-refractivity contribution in [1.29, 1.82) is 0 Å². The third kappa shape index (κ3) is 1080. The Hall–Kier alpha value is 1.01. The highest BCUT2D eigenvalue weighted by Gasteiger charge is 1.79. The lowest BCUT2D eigenvalue weighted by Crippen LogP contribution is -1.81. The molecule has 3 nitrogen and oxygen atoms in total. The van der Waals surface area contributed by atoms with Gasteiger partial charge in [-0.3, -0.25) is 0 Å². The van der Waals surface area contributed by atoms with Crippen LogP contribution in [0.2, 0.25) is 0 Å². The predicted molar refractivity (Wildman–Crippen MR) is 53.3 cm³/mol. The van der Waals surface area contributed by atoms with Gasteiger partial charge in [0.25, 0.3) is 0 Å². The number of carboxylic acid groups (broad SMARTS) is 2. The molecule has 0 unspecified atom stereocenters. The van der Waals surface area contributed by atoms with Gasteiger partial charge >= 0.3 is 6.16 Å². The van der Waals surface area contributed by atoms with Gasteiger partial charge in [-0.05, 0) is 0 Å². The molecule has 0 aliphatic rings. The van der Waals surface area contributed by atoms with Gasteiger partial charge in [0.2, 0.25) is 0 Å². The molecule has 0 radical (unpaired) electrons. The van der Waals surface area contributed by atoms with E-state index in [9.17, 15) is 0 Å². The van der Waals surface area contributed by atoms with Crippen molar-refractivity contribution in [2.45, 2.75) is 8.59 Å². The number of halogens is 6. The highest BCUT2D eigenvalue weighted by molar-refractivity contribution is 6.63. The number of alkyl halides is 6. The van der Waals surface area contributed by atoms with Gasteiger partial charge in [-0.15, -0.1) is 0 Å². The fourth-order valence-corrected chi connectivity index (χ4v) is 0. The Morgan fingerprint density at radius 1 is 0.833 bits per heavy atom. The molecule has 0 saturated heterocycles. The maximum atomic E-state index is 8.56. The van der Waals surface area contributed by atoms with E-state index in [0.29, 0.717) is 0 Å². The molecule has 0 aromatic heterocycles. The standard InChI is InChI=1S/2CHCl3.CH2O3/c3*2-1(3)4/h2*1H;(H2,2,3,4). The molecule has 0 spiro atoms. The summed E-state index contributed by atoms with van der Waals surface area (Å²) in [5.74, 6) is 0. The molecule has 0 heterocycles. The molecule has 0 aliphatic heterocycles. The van der Waals surface area contributed by atoms with E-state index in [1.54, 1.807) is 0 Å². The van der Waals surface area contributed by atoms with E-state index in [0.717, 1.165) is 0 Å². The molecule has 0 aromatic rings. The maximum Gasteiger partial charge on any atom is 0.503 e. The maximum absolute atomic E-state index is 8.56. The summed E-state index contributed by atoms with van der Waals surface area (Å²) in [5, 5.41) is 13.9. The van der Waals surface area contributed by atoms with Crippen molar-refractivity contribution >= 4 is 75.8 Å². The molecular formula is C3H4Cl6O3. The fraction of sp³-hybridized carbons (Fsp3) is 0.667. The van der Waals surface area contributed by atoms with Gasteiger partial charge in [-0.25, -0.2) is 4.79 Å². The van der Waals surface area contributed by atoms with Gasteiger partial charge < -0.3 is 10.2 Å². The fourth-order valence-electron chi connectivity index (χ4n) is 0. The van der Waals surface area contributed by atoms with Crippen LogP contribution >= 0.6 is 69.6 Å². The second-order valence-electron chi connectivity index (χ2n) is 0.777. The molecule has 9 heteroatoms. The predicted octanol–water partition coefficient (Wildman–Crippen LogP) is 4.20. The second kappa shape index (κ2) is 14.5. The zero-order valence-corrected chi connectivity index (χ0v) is 9.76. The molecule has 12 heavy (non-hydrogen) atoms. The lowest BCUT2D eigenvalue weighted by molar-refractivity contribution is 0.137.